The van der Waals surface area contributed by atoms with Crippen LogP contribution in [0.2, 0.25) is 0 Å². The van der Waals surface area contributed by atoms with E-state index in [4.69, 9.17) is 4.74 Å². The minimum atomic E-state index is -0.833. The van der Waals surface area contributed by atoms with Crippen molar-refractivity contribution < 1.29 is 23.6 Å². The highest BCUT2D eigenvalue weighted by Gasteiger charge is 2.40. The number of halogens is 1. The molecule has 0 saturated carbocycles. The molecule has 8 nitrogen and oxygen atoms in total. The van der Waals surface area contributed by atoms with Crippen molar-refractivity contribution in [1.29, 1.82) is 0 Å². The number of carbonyl (C=O) groups excluding carboxylic acids is 2. The van der Waals surface area contributed by atoms with Crippen molar-refractivity contribution in [1.82, 2.24) is 5.32 Å². The average Bonchev–Trinajstić information content (AvgIpc) is 3.14. The molecule has 1 N–H and O–H groups in total. The zero-order valence-electron chi connectivity index (χ0n) is 14.2. The van der Waals surface area contributed by atoms with Crippen molar-refractivity contribution in [3.63, 3.8) is 0 Å². The summed E-state index contributed by atoms with van der Waals surface area (Å²) in [6.45, 7) is 2.97. The van der Waals surface area contributed by atoms with Crippen LogP contribution < -0.4 is 10.2 Å². The Hall–Kier alpha value is -2.66. The number of carbonyl (C=O) groups is 2. The van der Waals surface area contributed by atoms with E-state index >= 15 is 0 Å². The predicted octanol–water partition coefficient (Wildman–Crippen LogP) is 3.75. The van der Waals surface area contributed by atoms with Crippen LogP contribution in [0.1, 0.15) is 13.8 Å². The van der Waals surface area contributed by atoms with Crippen molar-refractivity contribution >= 4 is 46.5 Å². The topological polar surface area (TPSA) is 102 Å². The summed E-state index contributed by atoms with van der Waals surface area (Å²) in [6.07, 6.45) is -1.53. The molecule has 1 aromatic heterocycles. The summed E-state index contributed by atoms with van der Waals surface area (Å²) in [5.74, 6) is -0.972. The molecule has 1 aromatic carbocycles. The Morgan fingerprint density at radius 3 is 2.81 bits per heavy atom. The normalized spacial score (nSPS) is 19.1. The zero-order chi connectivity index (χ0) is 19.7. The van der Waals surface area contributed by atoms with Gasteiger partial charge in [0, 0.05) is 17.9 Å². The molecule has 2 amide bonds. The third kappa shape index (κ3) is 3.88. The number of hydrogen-bond acceptors (Lipinski definition) is 7. The maximum absolute atomic E-state index is 14.6. The predicted molar refractivity (Wildman–Crippen MR) is 97.5 cm³/mol. The largest absolute Gasteiger partial charge is 0.423 e. The molecule has 1 aliphatic rings. The summed E-state index contributed by atoms with van der Waals surface area (Å²) < 4.78 is 20.0. The first kappa shape index (κ1) is 19.1. The third-order valence-corrected chi connectivity index (χ3v) is 6.00. The molecular weight excluding hydrogens is 397 g/mol. The summed E-state index contributed by atoms with van der Waals surface area (Å²) in [7, 11) is 0. The van der Waals surface area contributed by atoms with Crippen LogP contribution in [0.3, 0.4) is 0 Å². The van der Waals surface area contributed by atoms with Gasteiger partial charge >= 0.3 is 6.09 Å². The van der Waals surface area contributed by atoms with Gasteiger partial charge in [-0.15, -0.1) is 11.3 Å². The number of nitrogens with zero attached hydrogens (tertiary/aromatic N) is 2. The number of hydrogen-bond donors (Lipinski definition) is 1. The van der Waals surface area contributed by atoms with Crippen LogP contribution in [0.4, 0.5) is 20.6 Å². The molecule has 1 aliphatic heterocycles. The summed E-state index contributed by atoms with van der Waals surface area (Å²) >= 11 is 2.10. The zero-order valence-corrected chi connectivity index (χ0v) is 15.8. The number of cyclic esters (lactones) is 1. The molecule has 2 heterocycles. The Balaban J connectivity index is 1.82. The van der Waals surface area contributed by atoms with Crippen LogP contribution in [0.25, 0.3) is 0 Å². The van der Waals surface area contributed by atoms with Gasteiger partial charge in [0.2, 0.25) is 5.91 Å². The lowest BCUT2D eigenvalue weighted by Crippen LogP contribution is -2.43. The third-order valence-electron chi connectivity index (χ3n) is 3.82. The van der Waals surface area contributed by atoms with Crippen LogP contribution in [0, 0.1) is 15.9 Å². The first-order valence-electron chi connectivity index (χ1n) is 7.74. The van der Waals surface area contributed by atoms with Gasteiger partial charge in [-0.1, -0.05) is 11.8 Å². The summed E-state index contributed by atoms with van der Waals surface area (Å²) in [4.78, 5) is 35.2. The molecule has 142 valence electrons. The molecule has 11 heteroatoms. The molecule has 0 radical (unpaired) electrons. The summed E-state index contributed by atoms with van der Waals surface area (Å²) in [6, 6.07) is 4.97. The summed E-state index contributed by atoms with van der Waals surface area (Å²) in [5.41, 5.74) is 0.186. The number of nitrogens with one attached hydrogen (secondary N) is 1. The van der Waals surface area contributed by atoms with Crippen LogP contribution >= 0.6 is 23.1 Å². The molecule has 0 aliphatic carbocycles. The molecular formula is C16H14FN3O5S2. The van der Waals surface area contributed by atoms with Gasteiger partial charge in [0.1, 0.15) is 10.0 Å². The molecule has 1 saturated heterocycles. The Morgan fingerprint density at radius 2 is 2.19 bits per heavy atom. The number of nitro groups is 1. The molecule has 3 rings (SSSR count). The fourth-order valence-corrected chi connectivity index (χ4v) is 4.53. The Kier molecular flexibility index (Phi) is 5.33. The smallest absolute Gasteiger partial charge is 0.416 e. The van der Waals surface area contributed by atoms with Crippen LogP contribution in [-0.2, 0) is 9.53 Å². The number of anilines is 1. The van der Waals surface area contributed by atoms with Gasteiger partial charge in [-0.05, 0) is 30.5 Å². The first-order valence-corrected chi connectivity index (χ1v) is 9.43. The lowest BCUT2D eigenvalue weighted by atomic mass is 10.2. The van der Waals surface area contributed by atoms with Crippen LogP contribution in [0.5, 0.6) is 0 Å². The fourth-order valence-electron chi connectivity index (χ4n) is 2.58. The monoisotopic (exact) mass is 411 g/mol. The van der Waals surface area contributed by atoms with E-state index in [-0.39, 0.29) is 22.2 Å². The minimum Gasteiger partial charge on any atom is -0.423 e. The second-order valence-corrected chi connectivity index (χ2v) is 7.91. The van der Waals surface area contributed by atoms with E-state index in [2.05, 4.69) is 5.32 Å². The van der Waals surface area contributed by atoms with E-state index in [1.165, 1.54) is 30.0 Å². The Bertz CT molecular complexity index is 919. The van der Waals surface area contributed by atoms with Gasteiger partial charge in [0.05, 0.1) is 16.7 Å². The van der Waals surface area contributed by atoms with Gasteiger partial charge in [0.15, 0.2) is 6.23 Å². The number of benzene rings is 1. The number of thiophene rings is 1. The van der Waals surface area contributed by atoms with Crippen LogP contribution in [-0.4, -0.2) is 29.2 Å². The highest BCUT2D eigenvalue weighted by molar-refractivity contribution is 8.01. The molecule has 27 heavy (non-hydrogen) atoms. The average molecular weight is 411 g/mol. The minimum absolute atomic E-state index is 0.0802. The molecule has 0 spiro atoms. The van der Waals surface area contributed by atoms with Gasteiger partial charge < -0.3 is 10.1 Å². The second-order valence-electron chi connectivity index (χ2n) is 5.68. The van der Waals surface area contributed by atoms with Crippen molar-refractivity contribution in [3.05, 3.63) is 45.6 Å². The SMILES string of the molecule is CC(=O)N[C@H]1OC(=O)N(c2ccc(Sc3sccc3[N+](=O)[O-])c(F)c2)C1C. The Morgan fingerprint density at radius 1 is 1.44 bits per heavy atom. The molecule has 1 unspecified atom stereocenters. The maximum atomic E-state index is 14.6. The lowest BCUT2D eigenvalue weighted by Gasteiger charge is -2.21. The quantitative estimate of drug-likeness (QED) is 0.594. The maximum Gasteiger partial charge on any atom is 0.416 e. The van der Waals surface area contributed by atoms with Crippen LogP contribution in [0.15, 0.2) is 38.8 Å². The Labute approximate surface area is 161 Å². The van der Waals surface area contributed by atoms with Gasteiger partial charge in [-0.25, -0.2) is 9.18 Å². The standard InChI is InChI=1S/C16H14FN3O5S2/c1-8-14(18-9(2)21)25-16(22)19(8)10-3-4-13(11(17)7-10)27-15-12(20(23)24)5-6-26-15/h3-8,14H,1-2H3,(H,18,21)/t8?,14-/m0/s1. The molecule has 0 bridgehead atoms. The highest BCUT2D eigenvalue weighted by Crippen LogP contribution is 2.41. The van der Waals surface area contributed by atoms with E-state index < -0.39 is 29.1 Å². The van der Waals surface area contributed by atoms with E-state index in [9.17, 15) is 24.1 Å². The molecule has 1 fully saturated rings. The van der Waals surface area contributed by atoms with Crippen molar-refractivity contribution in [3.8, 4) is 0 Å². The fraction of sp³-hybridized carbons (Fsp3) is 0.250. The number of ether oxygens (including phenoxy) is 1. The lowest BCUT2D eigenvalue weighted by molar-refractivity contribution is -0.387. The second kappa shape index (κ2) is 7.53. The van der Waals surface area contributed by atoms with Gasteiger partial charge in [0.25, 0.3) is 5.69 Å². The molecule has 2 atom stereocenters. The van der Waals surface area contributed by atoms with Gasteiger partial charge in [-0.2, -0.15) is 0 Å². The van der Waals surface area contributed by atoms with Crippen molar-refractivity contribution in [2.45, 2.75) is 35.2 Å². The number of rotatable bonds is 5. The molecule has 2 aromatic rings. The number of amides is 2. The van der Waals surface area contributed by atoms with Crippen molar-refractivity contribution in [2.24, 2.45) is 0 Å². The van der Waals surface area contributed by atoms with E-state index in [0.717, 1.165) is 29.2 Å². The van der Waals surface area contributed by atoms with E-state index in [0.29, 0.717) is 4.21 Å². The van der Waals surface area contributed by atoms with Gasteiger partial charge in [-0.3, -0.25) is 19.8 Å². The van der Waals surface area contributed by atoms with Crippen molar-refractivity contribution in [2.75, 3.05) is 4.90 Å². The highest BCUT2D eigenvalue weighted by atomic mass is 32.2. The van der Waals surface area contributed by atoms with E-state index in [1.807, 2.05) is 0 Å². The van der Waals surface area contributed by atoms with E-state index in [1.54, 1.807) is 12.3 Å². The summed E-state index contributed by atoms with van der Waals surface area (Å²) in [5, 5.41) is 15.1. The first-order chi connectivity index (χ1) is 12.8.